The lowest BCUT2D eigenvalue weighted by molar-refractivity contribution is -0.121. The Hall–Kier alpha value is -2.69. The molecule has 2 heterocycles. The summed E-state index contributed by atoms with van der Waals surface area (Å²) in [5.74, 6) is -1.75. The van der Waals surface area contributed by atoms with Gasteiger partial charge in [-0.15, -0.1) is 0 Å². The maximum atomic E-state index is 14.0. The maximum Gasteiger partial charge on any atom is 0.262 e. The Morgan fingerprint density at radius 1 is 1.26 bits per heavy atom. The Morgan fingerprint density at radius 2 is 2.06 bits per heavy atom. The van der Waals surface area contributed by atoms with Gasteiger partial charge in [0.15, 0.2) is 6.61 Å². The van der Waals surface area contributed by atoms with E-state index in [2.05, 4.69) is 10.6 Å². The van der Waals surface area contributed by atoms with Gasteiger partial charge in [-0.1, -0.05) is 11.6 Å². The Balaban J connectivity index is 1.50. The Labute approximate surface area is 183 Å². The predicted octanol–water partition coefficient (Wildman–Crippen LogP) is 2.85. The van der Waals surface area contributed by atoms with Crippen molar-refractivity contribution in [1.82, 2.24) is 4.31 Å². The summed E-state index contributed by atoms with van der Waals surface area (Å²) in [6.45, 7) is 0.0842. The Bertz CT molecular complexity index is 1160. The van der Waals surface area contributed by atoms with E-state index in [0.29, 0.717) is 18.6 Å². The highest BCUT2D eigenvalue weighted by molar-refractivity contribution is 7.89. The number of anilines is 2. The number of amides is 2. The summed E-state index contributed by atoms with van der Waals surface area (Å²) in [5, 5.41) is 5.30. The molecule has 0 aromatic heterocycles. The number of benzene rings is 2. The van der Waals surface area contributed by atoms with Gasteiger partial charge in [0, 0.05) is 18.1 Å². The van der Waals surface area contributed by atoms with E-state index < -0.39 is 27.7 Å². The van der Waals surface area contributed by atoms with E-state index in [-0.39, 0.29) is 46.9 Å². The van der Waals surface area contributed by atoms with Crippen LogP contribution in [0, 0.1) is 11.7 Å². The molecule has 0 bridgehead atoms. The fourth-order valence-corrected chi connectivity index (χ4v) is 5.28. The van der Waals surface area contributed by atoms with E-state index in [9.17, 15) is 22.4 Å². The molecular weight excluding hydrogens is 449 g/mol. The first-order valence-electron chi connectivity index (χ1n) is 9.57. The van der Waals surface area contributed by atoms with Crippen molar-refractivity contribution in [1.29, 1.82) is 0 Å². The third-order valence-corrected chi connectivity index (χ3v) is 7.26. The van der Waals surface area contributed by atoms with Crippen molar-refractivity contribution >= 4 is 44.8 Å². The zero-order chi connectivity index (χ0) is 22.2. The summed E-state index contributed by atoms with van der Waals surface area (Å²) in [7, 11) is -3.91. The molecule has 2 aliphatic rings. The van der Waals surface area contributed by atoms with Gasteiger partial charge < -0.3 is 15.4 Å². The molecule has 4 rings (SSSR count). The second kappa shape index (κ2) is 8.45. The van der Waals surface area contributed by atoms with Crippen molar-refractivity contribution in [3.8, 4) is 5.75 Å². The highest BCUT2D eigenvalue weighted by Crippen LogP contribution is 2.32. The van der Waals surface area contributed by atoms with Crippen LogP contribution in [0.2, 0.25) is 5.02 Å². The summed E-state index contributed by atoms with van der Waals surface area (Å²) < 4.78 is 46.7. The van der Waals surface area contributed by atoms with Gasteiger partial charge in [0.25, 0.3) is 5.91 Å². The van der Waals surface area contributed by atoms with E-state index >= 15 is 0 Å². The van der Waals surface area contributed by atoms with Crippen molar-refractivity contribution < 1.29 is 27.1 Å². The molecule has 0 unspecified atom stereocenters. The lowest BCUT2D eigenvalue weighted by Crippen LogP contribution is -2.43. The molecule has 2 aromatic rings. The molecule has 2 aromatic carbocycles. The largest absolute Gasteiger partial charge is 0.482 e. The third-order valence-electron chi connectivity index (χ3n) is 5.17. The van der Waals surface area contributed by atoms with Crippen LogP contribution in [0.4, 0.5) is 15.8 Å². The van der Waals surface area contributed by atoms with Gasteiger partial charge in [-0.05, 0) is 49.2 Å². The molecule has 1 fully saturated rings. The molecule has 2 aliphatic heterocycles. The van der Waals surface area contributed by atoms with E-state index in [4.69, 9.17) is 16.3 Å². The van der Waals surface area contributed by atoms with Crippen molar-refractivity contribution in [3.05, 3.63) is 47.2 Å². The molecule has 0 radical (unpaired) electrons. The number of carbonyl (C=O) groups excluding carboxylic acids is 2. The van der Waals surface area contributed by atoms with Gasteiger partial charge in [0.1, 0.15) is 11.6 Å². The van der Waals surface area contributed by atoms with Crippen LogP contribution < -0.4 is 15.4 Å². The monoisotopic (exact) mass is 467 g/mol. The van der Waals surface area contributed by atoms with Crippen molar-refractivity contribution in [2.45, 2.75) is 17.7 Å². The van der Waals surface area contributed by atoms with Crippen LogP contribution in [-0.4, -0.2) is 44.2 Å². The Kier molecular flexibility index (Phi) is 5.87. The zero-order valence-electron chi connectivity index (χ0n) is 16.2. The fourth-order valence-electron chi connectivity index (χ4n) is 3.57. The molecule has 31 heavy (non-hydrogen) atoms. The van der Waals surface area contributed by atoms with Crippen molar-refractivity contribution in [3.63, 3.8) is 0 Å². The van der Waals surface area contributed by atoms with Gasteiger partial charge in [-0.3, -0.25) is 9.59 Å². The van der Waals surface area contributed by atoms with Gasteiger partial charge in [-0.2, -0.15) is 4.31 Å². The number of hydrogen-bond donors (Lipinski definition) is 2. The highest BCUT2D eigenvalue weighted by Gasteiger charge is 2.34. The fraction of sp³-hybridized carbons (Fsp3) is 0.300. The van der Waals surface area contributed by atoms with Gasteiger partial charge in [-0.25, -0.2) is 12.8 Å². The van der Waals surface area contributed by atoms with Crippen LogP contribution in [0.5, 0.6) is 5.75 Å². The molecule has 2 N–H and O–H groups in total. The van der Waals surface area contributed by atoms with Crippen LogP contribution in [-0.2, 0) is 19.6 Å². The van der Waals surface area contributed by atoms with Crippen molar-refractivity contribution in [2.75, 3.05) is 30.3 Å². The summed E-state index contributed by atoms with van der Waals surface area (Å²) in [4.78, 5) is 24.2. The number of rotatable bonds is 4. The SMILES string of the molecule is O=C1COc2ccc(S(=O)(=O)N3CCC[C@@H](C(=O)Nc4ccc(Cl)cc4F)C3)cc2N1. The molecule has 1 saturated heterocycles. The molecule has 1 atom stereocenters. The predicted molar refractivity (Wildman–Crippen MR) is 112 cm³/mol. The molecule has 0 saturated carbocycles. The number of carbonyl (C=O) groups is 2. The highest BCUT2D eigenvalue weighted by atomic mass is 35.5. The Morgan fingerprint density at radius 3 is 2.84 bits per heavy atom. The van der Waals surface area contributed by atoms with E-state index in [1.807, 2.05) is 0 Å². The number of fused-ring (bicyclic) bond motifs is 1. The normalized spacial score (nSPS) is 19.2. The molecule has 0 spiro atoms. The smallest absolute Gasteiger partial charge is 0.262 e. The average molecular weight is 468 g/mol. The lowest BCUT2D eigenvalue weighted by Gasteiger charge is -2.31. The molecule has 11 heteroatoms. The molecule has 0 aliphatic carbocycles. The number of hydrogen-bond acceptors (Lipinski definition) is 5. The second-order valence-corrected chi connectivity index (χ2v) is 9.68. The summed E-state index contributed by atoms with van der Waals surface area (Å²) in [6.07, 6.45) is 0.951. The zero-order valence-corrected chi connectivity index (χ0v) is 17.8. The molecular formula is C20H19ClFN3O5S. The number of nitrogens with zero attached hydrogens (tertiary/aromatic N) is 1. The molecule has 8 nitrogen and oxygen atoms in total. The van der Waals surface area contributed by atoms with Crippen LogP contribution in [0.3, 0.4) is 0 Å². The van der Waals surface area contributed by atoms with E-state index in [1.165, 1.54) is 34.6 Å². The first kappa shape index (κ1) is 21.5. The van der Waals surface area contributed by atoms with Crippen LogP contribution in [0.25, 0.3) is 0 Å². The maximum absolute atomic E-state index is 14.0. The second-order valence-electron chi connectivity index (χ2n) is 7.31. The first-order chi connectivity index (χ1) is 14.7. The van der Waals surface area contributed by atoms with Gasteiger partial charge in [0.05, 0.1) is 22.2 Å². The number of nitrogens with one attached hydrogen (secondary N) is 2. The van der Waals surface area contributed by atoms with Gasteiger partial charge >= 0.3 is 0 Å². The number of halogens is 2. The van der Waals surface area contributed by atoms with Crippen LogP contribution in [0.1, 0.15) is 12.8 Å². The van der Waals surface area contributed by atoms with E-state index in [1.54, 1.807) is 0 Å². The van der Waals surface area contributed by atoms with E-state index in [0.717, 1.165) is 6.07 Å². The minimum Gasteiger partial charge on any atom is -0.482 e. The standard InChI is InChI=1S/C20H19ClFN3O5S/c21-13-3-5-16(15(22)8-13)24-20(27)12-2-1-7-25(10-12)31(28,29)14-4-6-18-17(9-14)23-19(26)11-30-18/h3-6,8-9,12H,1-2,7,10-11H2,(H,23,26)(H,24,27)/t12-/m1/s1. The number of piperidine rings is 1. The van der Waals surface area contributed by atoms with Crippen LogP contribution in [0.15, 0.2) is 41.3 Å². The summed E-state index contributed by atoms with van der Waals surface area (Å²) >= 11 is 5.72. The average Bonchev–Trinajstić information content (AvgIpc) is 2.75. The third kappa shape index (κ3) is 4.51. The van der Waals surface area contributed by atoms with Crippen LogP contribution >= 0.6 is 11.6 Å². The minimum absolute atomic E-state index is 0.0122. The topological polar surface area (TPSA) is 105 Å². The quantitative estimate of drug-likeness (QED) is 0.719. The summed E-state index contributed by atoms with van der Waals surface area (Å²) in [5.41, 5.74) is 0.265. The first-order valence-corrected chi connectivity index (χ1v) is 11.4. The lowest BCUT2D eigenvalue weighted by atomic mass is 9.98. The minimum atomic E-state index is -3.91. The van der Waals surface area contributed by atoms with Gasteiger partial charge in [0.2, 0.25) is 15.9 Å². The van der Waals surface area contributed by atoms with Crippen molar-refractivity contribution in [2.24, 2.45) is 5.92 Å². The number of ether oxygens (including phenoxy) is 1. The molecule has 2 amide bonds. The molecule has 164 valence electrons. The summed E-state index contributed by atoms with van der Waals surface area (Å²) in [6, 6.07) is 8.13. The number of sulfonamides is 1.